The summed E-state index contributed by atoms with van der Waals surface area (Å²) in [5, 5.41) is 11.9. The molecule has 2 rings (SSSR count). The van der Waals surface area contributed by atoms with Crippen LogP contribution in [0.15, 0.2) is 45.7 Å². The highest BCUT2D eigenvalue weighted by Crippen LogP contribution is 2.18. The molecule has 0 atom stereocenters. The summed E-state index contributed by atoms with van der Waals surface area (Å²) in [6, 6.07) is 0. The molecule has 8 nitrogen and oxygen atoms in total. The lowest BCUT2D eigenvalue weighted by Gasteiger charge is -2.09. The molecule has 0 spiro atoms. The Labute approximate surface area is 137 Å². The lowest BCUT2D eigenvalue weighted by molar-refractivity contribution is -0.137. The SMILES string of the molecule is O=C(C=C1N=CSC1=NO)OCCNNC(=O)C1=CCCC=C1. The van der Waals surface area contributed by atoms with Gasteiger partial charge in [0.25, 0.3) is 5.91 Å². The van der Waals surface area contributed by atoms with Gasteiger partial charge < -0.3 is 9.94 Å². The molecule has 3 N–H and O–H groups in total. The van der Waals surface area contributed by atoms with Crippen LogP contribution in [0.4, 0.5) is 0 Å². The van der Waals surface area contributed by atoms with Crippen molar-refractivity contribution >= 4 is 34.2 Å². The molecular formula is C14H16N4O4S. The maximum Gasteiger partial charge on any atom is 0.333 e. The number of aliphatic imine (C=N–C) groups is 1. The molecule has 1 aliphatic carbocycles. The van der Waals surface area contributed by atoms with E-state index in [-0.39, 0.29) is 29.8 Å². The van der Waals surface area contributed by atoms with Crippen LogP contribution < -0.4 is 10.9 Å². The number of amides is 1. The molecule has 0 aromatic carbocycles. The topological polar surface area (TPSA) is 112 Å². The van der Waals surface area contributed by atoms with Crippen LogP contribution in [0.1, 0.15) is 12.8 Å². The number of thioether (sulfide) groups is 1. The van der Waals surface area contributed by atoms with Crippen molar-refractivity contribution in [3.05, 3.63) is 35.6 Å². The van der Waals surface area contributed by atoms with Gasteiger partial charge in [-0.2, -0.15) is 0 Å². The predicted molar refractivity (Wildman–Crippen MR) is 86.9 cm³/mol. The highest BCUT2D eigenvalue weighted by molar-refractivity contribution is 8.25. The van der Waals surface area contributed by atoms with Crippen LogP contribution in [0.25, 0.3) is 0 Å². The third kappa shape index (κ3) is 5.38. The Kier molecular flexibility index (Phi) is 6.57. The number of hydrazine groups is 1. The van der Waals surface area contributed by atoms with Crippen LogP contribution in [-0.4, -0.2) is 40.8 Å². The van der Waals surface area contributed by atoms with Crippen molar-refractivity contribution in [2.75, 3.05) is 13.2 Å². The van der Waals surface area contributed by atoms with Crippen LogP contribution >= 0.6 is 11.8 Å². The summed E-state index contributed by atoms with van der Waals surface area (Å²) in [6.07, 6.45) is 8.52. The van der Waals surface area contributed by atoms with E-state index in [1.807, 2.05) is 12.2 Å². The highest BCUT2D eigenvalue weighted by Gasteiger charge is 2.15. The van der Waals surface area contributed by atoms with E-state index in [0.717, 1.165) is 30.7 Å². The number of carbonyl (C=O) groups excluding carboxylic acids is 2. The molecule has 0 unspecified atom stereocenters. The lowest BCUT2D eigenvalue weighted by Crippen LogP contribution is -2.40. The fraction of sp³-hybridized carbons (Fsp3) is 0.286. The van der Waals surface area contributed by atoms with Gasteiger partial charge in [-0.25, -0.2) is 15.2 Å². The monoisotopic (exact) mass is 336 g/mol. The number of hydrogen-bond acceptors (Lipinski definition) is 8. The maximum absolute atomic E-state index is 11.7. The molecule has 1 aliphatic heterocycles. The van der Waals surface area contributed by atoms with Gasteiger partial charge in [0.2, 0.25) is 0 Å². The van der Waals surface area contributed by atoms with E-state index < -0.39 is 5.97 Å². The zero-order valence-corrected chi connectivity index (χ0v) is 13.0. The third-order valence-corrected chi connectivity index (χ3v) is 3.58. The molecule has 0 aromatic rings. The molecule has 122 valence electrons. The van der Waals surface area contributed by atoms with E-state index in [2.05, 4.69) is 21.0 Å². The molecular weight excluding hydrogens is 320 g/mol. The molecule has 0 bridgehead atoms. The first-order chi connectivity index (χ1) is 11.2. The maximum atomic E-state index is 11.7. The standard InChI is InChI=1S/C14H16N4O4S/c19-12(8-11-14(18-21)23-9-15-11)22-7-6-16-17-13(20)10-4-2-1-3-5-10/h2,4-5,8-9,16,21H,1,3,6-7H2,(H,17,20). The van der Waals surface area contributed by atoms with Gasteiger partial charge in [-0.1, -0.05) is 35.1 Å². The number of hydrogen-bond donors (Lipinski definition) is 3. The van der Waals surface area contributed by atoms with Crippen LogP contribution in [0.3, 0.4) is 0 Å². The van der Waals surface area contributed by atoms with Gasteiger partial charge in [-0.05, 0) is 12.8 Å². The quantitative estimate of drug-likeness (QED) is 0.218. The number of allylic oxidation sites excluding steroid dienone is 2. The summed E-state index contributed by atoms with van der Waals surface area (Å²) in [5.41, 5.74) is 7.52. The molecule has 2 aliphatic rings. The Morgan fingerprint density at radius 3 is 3.09 bits per heavy atom. The van der Waals surface area contributed by atoms with Crippen LogP contribution in [0, 0.1) is 0 Å². The van der Waals surface area contributed by atoms with E-state index in [1.54, 1.807) is 6.08 Å². The molecule has 9 heteroatoms. The number of esters is 1. The van der Waals surface area contributed by atoms with Crippen molar-refractivity contribution in [3.63, 3.8) is 0 Å². The zero-order chi connectivity index (χ0) is 16.5. The summed E-state index contributed by atoms with van der Waals surface area (Å²) >= 11 is 1.10. The van der Waals surface area contributed by atoms with Gasteiger partial charge >= 0.3 is 5.97 Å². The fourth-order valence-corrected chi connectivity index (χ4v) is 2.32. The van der Waals surface area contributed by atoms with Crippen molar-refractivity contribution < 1.29 is 19.5 Å². The molecule has 0 saturated heterocycles. The number of carbonyl (C=O) groups is 2. The van der Waals surface area contributed by atoms with Gasteiger partial charge in [0.15, 0.2) is 5.04 Å². The van der Waals surface area contributed by atoms with Gasteiger partial charge in [0.1, 0.15) is 12.3 Å². The molecule has 0 saturated carbocycles. The van der Waals surface area contributed by atoms with Crippen molar-refractivity contribution in [1.82, 2.24) is 10.9 Å². The van der Waals surface area contributed by atoms with Gasteiger partial charge in [-0.3, -0.25) is 10.2 Å². The smallest absolute Gasteiger partial charge is 0.333 e. The van der Waals surface area contributed by atoms with Crippen LogP contribution in [0.5, 0.6) is 0 Å². The van der Waals surface area contributed by atoms with Crippen molar-refractivity contribution in [2.45, 2.75) is 12.8 Å². The summed E-state index contributed by atoms with van der Waals surface area (Å²) in [5.74, 6) is -0.831. The second-order valence-corrected chi connectivity index (χ2v) is 5.31. The van der Waals surface area contributed by atoms with Crippen LogP contribution in [0.2, 0.25) is 0 Å². The molecule has 0 aromatic heterocycles. The molecule has 0 fully saturated rings. The van der Waals surface area contributed by atoms with E-state index in [1.165, 1.54) is 5.55 Å². The summed E-state index contributed by atoms with van der Waals surface area (Å²) in [4.78, 5) is 27.2. The Bertz CT molecular complexity index is 622. The first kappa shape index (κ1) is 17.0. The molecule has 1 heterocycles. The first-order valence-corrected chi connectivity index (χ1v) is 7.78. The Morgan fingerprint density at radius 2 is 2.35 bits per heavy atom. The molecule has 1 amide bonds. The zero-order valence-electron chi connectivity index (χ0n) is 12.2. The molecule has 23 heavy (non-hydrogen) atoms. The Morgan fingerprint density at radius 1 is 1.48 bits per heavy atom. The van der Waals surface area contributed by atoms with E-state index in [9.17, 15) is 9.59 Å². The third-order valence-electron chi connectivity index (χ3n) is 2.85. The van der Waals surface area contributed by atoms with Crippen LogP contribution in [-0.2, 0) is 14.3 Å². The number of nitrogens with one attached hydrogen (secondary N) is 2. The van der Waals surface area contributed by atoms with Crippen molar-refractivity contribution in [1.29, 1.82) is 0 Å². The van der Waals surface area contributed by atoms with Gasteiger partial charge in [0, 0.05) is 12.1 Å². The second kappa shape index (κ2) is 8.91. The number of oxime groups is 1. The van der Waals surface area contributed by atoms with Gasteiger partial charge in [-0.15, -0.1) is 0 Å². The summed E-state index contributed by atoms with van der Waals surface area (Å²) in [7, 11) is 0. The largest absolute Gasteiger partial charge is 0.461 e. The van der Waals surface area contributed by atoms with Gasteiger partial charge in [0.05, 0.1) is 11.6 Å². The fourth-order valence-electron chi connectivity index (χ4n) is 1.78. The minimum atomic E-state index is -0.605. The van der Waals surface area contributed by atoms with E-state index >= 15 is 0 Å². The molecule has 0 radical (unpaired) electrons. The summed E-state index contributed by atoms with van der Waals surface area (Å²) < 4.78 is 4.95. The van der Waals surface area contributed by atoms with E-state index in [0.29, 0.717) is 5.57 Å². The number of ether oxygens (including phenoxy) is 1. The normalized spacial score (nSPS) is 19.9. The minimum Gasteiger partial charge on any atom is -0.461 e. The van der Waals surface area contributed by atoms with Crippen molar-refractivity contribution in [3.8, 4) is 0 Å². The average molecular weight is 336 g/mol. The minimum absolute atomic E-state index is 0.0697. The Hall–Kier alpha value is -2.39. The number of nitrogens with zero attached hydrogens (tertiary/aromatic N) is 2. The van der Waals surface area contributed by atoms with Crippen molar-refractivity contribution in [2.24, 2.45) is 10.1 Å². The Balaban J connectivity index is 1.64. The second-order valence-electron chi connectivity index (χ2n) is 4.47. The average Bonchev–Trinajstić information content (AvgIpc) is 3.02. The first-order valence-electron chi connectivity index (χ1n) is 6.90. The number of rotatable bonds is 6. The summed E-state index contributed by atoms with van der Waals surface area (Å²) in [6.45, 7) is 0.330. The van der Waals surface area contributed by atoms with E-state index in [4.69, 9.17) is 9.94 Å². The highest BCUT2D eigenvalue weighted by atomic mass is 32.2. The lowest BCUT2D eigenvalue weighted by atomic mass is 10.1. The predicted octanol–water partition coefficient (Wildman–Crippen LogP) is 0.873.